The molecule has 1 saturated heterocycles. The number of hydrogen-bond donors (Lipinski definition) is 1. The summed E-state index contributed by atoms with van der Waals surface area (Å²) in [6.45, 7) is 2.92. The molecular formula is C20H20N4O3. The van der Waals surface area contributed by atoms with Gasteiger partial charge in [0, 0.05) is 6.20 Å². The lowest BCUT2D eigenvalue weighted by atomic mass is 10.0. The lowest BCUT2D eigenvalue weighted by molar-refractivity contribution is 0.181. The van der Waals surface area contributed by atoms with Gasteiger partial charge in [-0.3, -0.25) is 4.90 Å². The highest BCUT2D eigenvalue weighted by molar-refractivity contribution is 5.88. The molecule has 0 bridgehead atoms. The van der Waals surface area contributed by atoms with Crippen LogP contribution in [0.4, 0.5) is 16.6 Å². The van der Waals surface area contributed by atoms with E-state index in [0.717, 1.165) is 22.1 Å². The minimum atomic E-state index is -0.377. The van der Waals surface area contributed by atoms with Gasteiger partial charge in [0.2, 0.25) is 5.95 Å². The number of hydrogen-bond acceptors (Lipinski definition) is 6. The number of ether oxygens (including phenoxy) is 2. The summed E-state index contributed by atoms with van der Waals surface area (Å²) >= 11 is 0. The molecule has 1 atom stereocenters. The topological polar surface area (TPSA) is 76.6 Å². The van der Waals surface area contributed by atoms with E-state index in [2.05, 4.69) is 33.5 Å². The van der Waals surface area contributed by atoms with Gasteiger partial charge in [-0.25, -0.2) is 9.78 Å². The van der Waals surface area contributed by atoms with E-state index in [9.17, 15) is 4.79 Å². The molecule has 0 saturated carbocycles. The van der Waals surface area contributed by atoms with Gasteiger partial charge >= 0.3 is 6.09 Å². The number of amides is 1. The maximum atomic E-state index is 11.7. The van der Waals surface area contributed by atoms with Gasteiger partial charge in [-0.15, -0.1) is 0 Å². The van der Waals surface area contributed by atoms with Crippen molar-refractivity contribution in [3.63, 3.8) is 0 Å². The van der Waals surface area contributed by atoms with E-state index >= 15 is 0 Å². The minimum Gasteiger partial charge on any atom is -0.497 e. The largest absolute Gasteiger partial charge is 0.497 e. The Morgan fingerprint density at radius 1 is 1.19 bits per heavy atom. The van der Waals surface area contributed by atoms with Crippen LogP contribution in [0.25, 0.3) is 10.8 Å². The number of cyclic esters (lactones) is 1. The molecule has 1 aliphatic rings. The van der Waals surface area contributed by atoms with Crippen LogP contribution in [0.15, 0.2) is 48.7 Å². The number of methoxy groups -OCH3 is 1. The van der Waals surface area contributed by atoms with E-state index in [0.29, 0.717) is 24.9 Å². The lowest BCUT2D eigenvalue weighted by Crippen LogP contribution is -2.25. The first-order valence-electron chi connectivity index (χ1n) is 8.75. The first-order chi connectivity index (χ1) is 13.1. The van der Waals surface area contributed by atoms with Crippen molar-refractivity contribution in [2.24, 2.45) is 0 Å². The van der Waals surface area contributed by atoms with Crippen LogP contribution >= 0.6 is 0 Å². The van der Waals surface area contributed by atoms with Crippen molar-refractivity contribution in [1.29, 1.82) is 0 Å². The first-order valence-corrected chi connectivity index (χ1v) is 8.75. The van der Waals surface area contributed by atoms with E-state index < -0.39 is 0 Å². The third-order valence-electron chi connectivity index (χ3n) is 4.60. The van der Waals surface area contributed by atoms with Gasteiger partial charge in [0.05, 0.1) is 19.7 Å². The van der Waals surface area contributed by atoms with E-state index in [4.69, 9.17) is 9.47 Å². The summed E-state index contributed by atoms with van der Waals surface area (Å²) in [5.41, 5.74) is 1.11. The van der Waals surface area contributed by atoms with Crippen LogP contribution in [0.2, 0.25) is 0 Å². The molecule has 1 amide bonds. The SMILES string of the molecule is COc1ccc2cc(C(C)Nc3nccc(N4CCOC4=O)n3)ccc2c1. The molecule has 2 aromatic carbocycles. The fourth-order valence-corrected chi connectivity index (χ4v) is 3.09. The maximum absolute atomic E-state index is 11.7. The van der Waals surface area contributed by atoms with Gasteiger partial charge in [0.15, 0.2) is 0 Å². The Bertz CT molecular complexity index is 992. The average molecular weight is 364 g/mol. The summed E-state index contributed by atoms with van der Waals surface area (Å²) in [5.74, 6) is 1.84. The predicted octanol–water partition coefficient (Wildman–Crippen LogP) is 3.77. The second-order valence-corrected chi connectivity index (χ2v) is 6.34. The van der Waals surface area contributed by atoms with Gasteiger partial charge in [-0.05, 0) is 47.5 Å². The normalized spacial score (nSPS) is 14.9. The summed E-state index contributed by atoms with van der Waals surface area (Å²) < 4.78 is 10.2. The molecule has 1 aliphatic heterocycles. The number of rotatable bonds is 5. The fraction of sp³-hybridized carbons (Fsp3) is 0.250. The second kappa shape index (κ2) is 7.11. The molecule has 3 aromatic rings. The molecule has 0 radical (unpaired) electrons. The van der Waals surface area contributed by atoms with Crippen LogP contribution in [-0.2, 0) is 4.74 Å². The Labute approximate surface area is 156 Å². The molecule has 7 heteroatoms. The van der Waals surface area contributed by atoms with Gasteiger partial charge in [0.25, 0.3) is 0 Å². The van der Waals surface area contributed by atoms with Gasteiger partial charge < -0.3 is 14.8 Å². The number of aromatic nitrogens is 2. The molecule has 27 heavy (non-hydrogen) atoms. The molecule has 0 spiro atoms. The summed E-state index contributed by atoms with van der Waals surface area (Å²) in [6, 6.07) is 14.0. The zero-order valence-corrected chi connectivity index (χ0v) is 15.2. The van der Waals surface area contributed by atoms with Crippen LogP contribution < -0.4 is 15.0 Å². The third kappa shape index (κ3) is 3.48. The smallest absolute Gasteiger partial charge is 0.415 e. The van der Waals surface area contributed by atoms with Gasteiger partial charge in [-0.2, -0.15) is 4.98 Å². The van der Waals surface area contributed by atoms with Crippen molar-refractivity contribution in [2.75, 3.05) is 30.5 Å². The Kier molecular flexibility index (Phi) is 4.50. The zero-order chi connectivity index (χ0) is 18.8. The Morgan fingerprint density at radius 3 is 2.78 bits per heavy atom. The number of benzene rings is 2. The maximum Gasteiger partial charge on any atom is 0.415 e. The number of anilines is 2. The molecule has 4 rings (SSSR count). The molecule has 2 heterocycles. The third-order valence-corrected chi connectivity index (χ3v) is 4.60. The summed E-state index contributed by atoms with van der Waals surface area (Å²) in [7, 11) is 1.66. The highest BCUT2D eigenvalue weighted by Crippen LogP contribution is 2.26. The van der Waals surface area contributed by atoms with Crippen molar-refractivity contribution in [3.8, 4) is 5.75 Å². The summed E-state index contributed by atoms with van der Waals surface area (Å²) in [4.78, 5) is 21.9. The van der Waals surface area contributed by atoms with Gasteiger partial charge in [-0.1, -0.05) is 18.2 Å². The van der Waals surface area contributed by atoms with Crippen LogP contribution in [0.5, 0.6) is 5.75 Å². The number of carbonyl (C=O) groups excluding carboxylic acids is 1. The highest BCUT2D eigenvalue weighted by Gasteiger charge is 2.25. The molecule has 138 valence electrons. The second-order valence-electron chi connectivity index (χ2n) is 6.34. The summed E-state index contributed by atoms with van der Waals surface area (Å²) in [5, 5.41) is 5.56. The van der Waals surface area contributed by atoms with Gasteiger partial charge in [0.1, 0.15) is 18.2 Å². The molecule has 1 fully saturated rings. The Morgan fingerprint density at radius 2 is 2.00 bits per heavy atom. The quantitative estimate of drug-likeness (QED) is 0.743. The summed E-state index contributed by atoms with van der Waals surface area (Å²) in [6.07, 6.45) is 1.26. The van der Waals surface area contributed by atoms with Crippen LogP contribution in [-0.4, -0.2) is 36.3 Å². The Balaban J connectivity index is 1.54. The molecule has 1 unspecified atom stereocenters. The molecule has 0 aliphatic carbocycles. The standard InChI is InChI=1S/C20H20N4O3/c1-13(14-3-4-16-12-17(26-2)6-5-15(16)11-14)22-19-21-8-7-18(23-19)24-9-10-27-20(24)25/h3-8,11-13H,9-10H2,1-2H3,(H,21,22,23). The predicted molar refractivity (Wildman–Crippen MR) is 103 cm³/mol. The van der Waals surface area contributed by atoms with Crippen LogP contribution in [0, 0.1) is 0 Å². The number of carbonyl (C=O) groups is 1. The highest BCUT2D eigenvalue weighted by atomic mass is 16.6. The molecular weight excluding hydrogens is 344 g/mol. The molecule has 1 N–H and O–H groups in total. The van der Waals surface area contributed by atoms with E-state index in [1.54, 1.807) is 19.4 Å². The Hall–Kier alpha value is -3.35. The average Bonchev–Trinajstić information content (AvgIpc) is 3.13. The lowest BCUT2D eigenvalue weighted by Gasteiger charge is -2.17. The zero-order valence-electron chi connectivity index (χ0n) is 15.2. The van der Waals surface area contributed by atoms with Crippen molar-refractivity contribution in [2.45, 2.75) is 13.0 Å². The number of nitrogens with one attached hydrogen (secondary N) is 1. The van der Waals surface area contributed by atoms with E-state index in [1.807, 2.05) is 25.1 Å². The van der Waals surface area contributed by atoms with Crippen LogP contribution in [0.3, 0.4) is 0 Å². The van der Waals surface area contributed by atoms with E-state index in [1.165, 1.54) is 4.90 Å². The molecule has 1 aromatic heterocycles. The first kappa shape index (κ1) is 17.1. The molecule has 7 nitrogen and oxygen atoms in total. The fourth-order valence-electron chi connectivity index (χ4n) is 3.09. The van der Waals surface area contributed by atoms with Crippen molar-refractivity contribution < 1.29 is 14.3 Å². The minimum absolute atomic E-state index is 0.00252. The van der Waals surface area contributed by atoms with Crippen LogP contribution in [0.1, 0.15) is 18.5 Å². The number of nitrogens with zero attached hydrogens (tertiary/aromatic N) is 3. The van der Waals surface area contributed by atoms with Crippen molar-refractivity contribution >= 4 is 28.6 Å². The van der Waals surface area contributed by atoms with Crippen molar-refractivity contribution in [3.05, 3.63) is 54.2 Å². The van der Waals surface area contributed by atoms with Crippen molar-refractivity contribution in [1.82, 2.24) is 9.97 Å². The van der Waals surface area contributed by atoms with E-state index in [-0.39, 0.29) is 12.1 Å². The monoisotopic (exact) mass is 364 g/mol. The number of fused-ring (bicyclic) bond motifs is 1.